The van der Waals surface area contributed by atoms with Crippen molar-refractivity contribution in [1.82, 2.24) is 9.80 Å². The molecule has 1 aromatic carbocycles. The Bertz CT molecular complexity index is 661. The molecule has 24 heavy (non-hydrogen) atoms. The van der Waals surface area contributed by atoms with Gasteiger partial charge in [-0.25, -0.2) is 0 Å². The van der Waals surface area contributed by atoms with Crippen LogP contribution in [0.25, 0.3) is 0 Å². The van der Waals surface area contributed by atoms with Gasteiger partial charge in [-0.1, -0.05) is 11.6 Å². The molecule has 0 saturated carbocycles. The molecule has 0 atom stereocenters. The Hall–Kier alpha value is -2.27. The van der Waals surface area contributed by atoms with Gasteiger partial charge in [0.05, 0.1) is 10.7 Å². The number of hydrogen-bond acceptors (Lipinski definition) is 6. The first-order valence-electron chi connectivity index (χ1n) is 7.68. The summed E-state index contributed by atoms with van der Waals surface area (Å²) in [6.07, 6.45) is 1.60. The minimum Gasteiger partial charge on any atom is -0.399 e. The van der Waals surface area contributed by atoms with Crippen molar-refractivity contribution in [3.8, 4) is 6.07 Å². The lowest BCUT2D eigenvalue weighted by Crippen LogP contribution is -2.45. The van der Waals surface area contributed by atoms with E-state index in [-0.39, 0.29) is 5.57 Å². The third-order valence-corrected chi connectivity index (χ3v) is 4.08. The molecule has 1 fully saturated rings. The predicted molar refractivity (Wildman–Crippen MR) is 95.3 cm³/mol. The van der Waals surface area contributed by atoms with Gasteiger partial charge in [-0.2, -0.15) is 5.26 Å². The summed E-state index contributed by atoms with van der Waals surface area (Å²) in [5.41, 5.74) is 12.1. The second kappa shape index (κ2) is 8.55. The van der Waals surface area contributed by atoms with Crippen LogP contribution in [-0.2, 0) is 4.79 Å². The van der Waals surface area contributed by atoms with Crippen LogP contribution in [0.5, 0.6) is 0 Å². The van der Waals surface area contributed by atoms with Crippen LogP contribution >= 0.6 is 11.6 Å². The molecule has 0 unspecified atom stereocenters. The average molecular weight is 349 g/mol. The van der Waals surface area contributed by atoms with E-state index in [1.54, 1.807) is 24.4 Å². The van der Waals surface area contributed by atoms with Crippen LogP contribution in [0.1, 0.15) is 0 Å². The molecule has 5 N–H and O–H groups in total. The average Bonchev–Trinajstić information content (AvgIpc) is 2.57. The molecule has 0 spiro atoms. The van der Waals surface area contributed by atoms with Crippen molar-refractivity contribution in [2.75, 3.05) is 50.3 Å². The van der Waals surface area contributed by atoms with Gasteiger partial charge in [0, 0.05) is 51.2 Å². The van der Waals surface area contributed by atoms with Gasteiger partial charge >= 0.3 is 0 Å². The molecular weight excluding hydrogens is 328 g/mol. The lowest BCUT2D eigenvalue weighted by molar-refractivity contribution is -0.112. The Kier molecular flexibility index (Phi) is 6.44. The highest BCUT2D eigenvalue weighted by Gasteiger charge is 2.17. The van der Waals surface area contributed by atoms with Crippen molar-refractivity contribution < 1.29 is 4.79 Å². The van der Waals surface area contributed by atoms with Gasteiger partial charge in [-0.05, 0) is 18.2 Å². The fourth-order valence-electron chi connectivity index (χ4n) is 2.44. The van der Waals surface area contributed by atoms with E-state index < -0.39 is 5.91 Å². The normalized spacial score (nSPS) is 15.9. The van der Waals surface area contributed by atoms with E-state index in [1.165, 1.54) is 0 Å². The summed E-state index contributed by atoms with van der Waals surface area (Å²) >= 11 is 6.04. The van der Waals surface area contributed by atoms with Crippen molar-refractivity contribution in [2.24, 2.45) is 5.73 Å². The Morgan fingerprint density at radius 3 is 2.67 bits per heavy atom. The number of nitrogen functional groups attached to an aromatic ring is 1. The highest BCUT2D eigenvalue weighted by Crippen LogP contribution is 2.24. The second-order valence-corrected chi connectivity index (χ2v) is 5.92. The SMILES string of the molecule is N#C/C(=C/N1CCN(CCN)CC1)C(=O)Nc1ccc(N)cc1Cl. The fraction of sp³-hybridized carbons (Fsp3) is 0.375. The van der Waals surface area contributed by atoms with Gasteiger partial charge in [-0.15, -0.1) is 0 Å². The zero-order valence-corrected chi connectivity index (χ0v) is 14.1. The molecule has 0 aromatic heterocycles. The number of nitriles is 1. The quantitative estimate of drug-likeness (QED) is 0.413. The number of benzene rings is 1. The highest BCUT2D eigenvalue weighted by molar-refractivity contribution is 6.34. The number of piperazine rings is 1. The minimum atomic E-state index is -0.492. The summed E-state index contributed by atoms with van der Waals surface area (Å²) in [6.45, 7) is 4.71. The van der Waals surface area contributed by atoms with E-state index in [1.807, 2.05) is 11.0 Å². The molecule has 128 valence electrons. The molecule has 2 rings (SSSR count). The lowest BCUT2D eigenvalue weighted by Gasteiger charge is -2.33. The number of nitrogens with zero attached hydrogens (tertiary/aromatic N) is 3. The molecule has 1 aromatic rings. The molecule has 0 radical (unpaired) electrons. The van der Waals surface area contributed by atoms with Crippen LogP contribution in [0.2, 0.25) is 5.02 Å². The second-order valence-electron chi connectivity index (χ2n) is 5.51. The number of amides is 1. The van der Waals surface area contributed by atoms with Gasteiger partial charge < -0.3 is 21.7 Å². The maximum absolute atomic E-state index is 12.3. The van der Waals surface area contributed by atoms with Crippen molar-refractivity contribution in [1.29, 1.82) is 5.26 Å². The monoisotopic (exact) mass is 348 g/mol. The number of hydrogen-bond donors (Lipinski definition) is 3. The first kappa shape index (κ1) is 18.1. The van der Waals surface area contributed by atoms with Crippen LogP contribution in [0, 0.1) is 11.3 Å². The van der Waals surface area contributed by atoms with Crippen molar-refractivity contribution in [2.45, 2.75) is 0 Å². The van der Waals surface area contributed by atoms with Crippen LogP contribution in [0.15, 0.2) is 30.0 Å². The summed E-state index contributed by atoms with van der Waals surface area (Å²) < 4.78 is 0. The van der Waals surface area contributed by atoms with E-state index >= 15 is 0 Å². The number of carbonyl (C=O) groups excluding carboxylic acids is 1. The number of anilines is 2. The van der Waals surface area contributed by atoms with Gasteiger partial charge in [-0.3, -0.25) is 9.69 Å². The van der Waals surface area contributed by atoms with Crippen LogP contribution in [0.4, 0.5) is 11.4 Å². The molecule has 0 bridgehead atoms. The molecule has 1 saturated heterocycles. The topological polar surface area (TPSA) is 111 Å². The van der Waals surface area contributed by atoms with E-state index in [4.69, 9.17) is 23.1 Å². The Morgan fingerprint density at radius 2 is 2.08 bits per heavy atom. The van der Waals surface area contributed by atoms with E-state index in [9.17, 15) is 10.1 Å². The molecule has 8 heteroatoms. The Balaban J connectivity index is 2.00. The summed E-state index contributed by atoms with van der Waals surface area (Å²) in [7, 11) is 0. The number of halogens is 1. The molecule has 1 aliphatic rings. The minimum absolute atomic E-state index is 0.0372. The van der Waals surface area contributed by atoms with E-state index in [0.717, 1.165) is 32.7 Å². The molecular formula is C16H21ClN6O. The summed E-state index contributed by atoms with van der Waals surface area (Å²) in [5, 5.41) is 12.2. The van der Waals surface area contributed by atoms with Crippen molar-refractivity contribution in [3.05, 3.63) is 35.0 Å². The van der Waals surface area contributed by atoms with Crippen molar-refractivity contribution >= 4 is 28.9 Å². The number of nitrogens with one attached hydrogen (secondary N) is 1. The maximum Gasteiger partial charge on any atom is 0.267 e. The molecule has 1 amide bonds. The van der Waals surface area contributed by atoms with Gasteiger partial charge in [0.15, 0.2) is 0 Å². The van der Waals surface area contributed by atoms with E-state index in [2.05, 4.69) is 10.2 Å². The molecule has 0 aliphatic carbocycles. The summed E-state index contributed by atoms with van der Waals surface area (Å²) in [4.78, 5) is 16.5. The number of rotatable bonds is 5. The smallest absolute Gasteiger partial charge is 0.267 e. The zero-order valence-electron chi connectivity index (χ0n) is 13.3. The first-order chi connectivity index (χ1) is 11.5. The molecule has 1 heterocycles. The standard InChI is InChI=1S/C16H21ClN6O/c17-14-9-13(20)1-2-15(14)21-16(24)12(10-19)11-23-7-5-22(4-3-18)6-8-23/h1-2,9,11H,3-8,18,20H2,(H,21,24)/b12-11-. The van der Waals surface area contributed by atoms with Gasteiger partial charge in [0.2, 0.25) is 0 Å². The number of carbonyl (C=O) groups is 1. The zero-order chi connectivity index (χ0) is 17.5. The Morgan fingerprint density at radius 1 is 1.38 bits per heavy atom. The molecule has 1 aliphatic heterocycles. The molecule has 7 nitrogen and oxygen atoms in total. The van der Waals surface area contributed by atoms with Crippen LogP contribution in [0.3, 0.4) is 0 Å². The maximum atomic E-state index is 12.3. The third kappa shape index (κ3) is 4.86. The van der Waals surface area contributed by atoms with Crippen molar-refractivity contribution in [3.63, 3.8) is 0 Å². The summed E-state index contributed by atoms with van der Waals surface area (Å²) in [5.74, 6) is -0.492. The van der Waals surface area contributed by atoms with Gasteiger partial charge in [0.25, 0.3) is 5.91 Å². The van der Waals surface area contributed by atoms with Crippen LogP contribution < -0.4 is 16.8 Å². The lowest BCUT2D eigenvalue weighted by atomic mass is 10.2. The Labute approximate surface area is 146 Å². The van der Waals surface area contributed by atoms with Gasteiger partial charge in [0.1, 0.15) is 11.6 Å². The largest absolute Gasteiger partial charge is 0.399 e. The third-order valence-electron chi connectivity index (χ3n) is 3.77. The highest BCUT2D eigenvalue weighted by atomic mass is 35.5. The fourth-order valence-corrected chi connectivity index (χ4v) is 2.68. The van der Waals surface area contributed by atoms with Crippen LogP contribution in [-0.4, -0.2) is 55.0 Å². The summed E-state index contributed by atoms with van der Waals surface area (Å²) in [6, 6.07) is 6.73. The van der Waals surface area contributed by atoms with E-state index in [0.29, 0.717) is 22.9 Å². The first-order valence-corrected chi connectivity index (χ1v) is 8.06. The predicted octanol–water partition coefficient (Wildman–Crippen LogP) is 0.844. The number of nitrogens with two attached hydrogens (primary N) is 2.